The highest BCUT2D eigenvalue weighted by atomic mass is 32.2. The Kier molecular flexibility index (Phi) is 5.74. The highest BCUT2D eigenvalue weighted by Gasteiger charge is 2.17. The molecule has 8 heteroatoms. The first-order chi connectivity index (χ1) is 13.7. The summed E-state index contributed by atoms with van der Waals surface area (Å²) in [5, 5.41) is 0. The fourth-order valence-electron chi connectivity index (χ4n) is 2.78. The second-order valence-corrected chi connectivity index (χ2v) is 8.45. The van der Waals surface area contributed by atoms with Gasteiger partial charge in [-0.25, -0.2) is 12.8 Å². The molecule has 0 atom stereocenters. The van der Waals surface area contributed by atoms with Crippen LogP contribution in [0.1, 0.15) is 27.4 Å². The van der Waals surface area contributed by atoms with Crippen molar-refractivity contribution < 1.29 is 22.0 Å². The van der Waals surface area contributed by atoms with Gasteiger partial charge in [0.15, 0.2) is 0 Å². The number of anilines is 1. The fourth-order valence-corrected chi connectivity index (χ4v) is 3.92. The van der Waals surface area contributed by atoms with Crippen LogP contribution in [0, 0.1) is 19.7 Å². The maximum atomic E-state index is 13.4. The zero-order valence-electron chi connectivity index (χ0n) is 16.3. The van der Waals surface area contributed by atoms with Crippen LogP contribution in [0.5, 0.6) is 0 Å². The van der Waals surface area contributed by atoms with Crippen LogP contribution in [0.2, 0.25) is 0 Å². The van der Waals surface area contributed by atoms with E-state index in [1.807, 2.05) is 19.1 Å². The van der Waals surface area contributed by atoms with Crippen molar-refractivity contribution in [2.75, 3.05) is 11.8 Å². The Hall–Kier alpha value is -3.13. The number of rotatable bonds is 6. The molecule has 1 N–H and O–H groups in total. The lowest BCUT2D eigenvalue weighted by Gasteiger charge is -2.16. The number of sulfonamides is 1. The predicted molar refractivity (Wildman–Crippen MR) is 108 cm³/mol. The first kappa shape index (κ1) is 20.6. The van der Waals surface area contributed by atoms with Gasteiger partial charge in [-0.2, -0.15) is 0 Å². The number of carbonyl (C=O) groups is 1. The minimum atomic E-state index is -3.86. The summed E-state index contributed by atoms with van der Waals surface area (Å²) in [4.78, 5) is 14.0. The number of nitrogens with one attached hydrogen (secondary N) is 1. The Balaban J connectivity index is 1.70. The molecule has 1 aromatic heterocycles. The number of nitrogens with zero attached hydrogens (tertiary/aromatic N) is 1. The van der Waals surface area contributed by atoms with Gasteiger partial charge in [-0.3, -0.25) is 9.52 Å². The molecule has 0 aliphatic carbocycles. The number of aryl methyl sites for hydroxylation is 2. The minimum absolute atomic E-state index is 0.0370. The van der Waals surface area contributed by atoms with Crippen LogP contribution in [-0.4, -0.2) is 26.3 Å². The van der Waals surface area contributed by atoms with E-state index in [9.17, 15) is 17.6 Å². The largest absolute Gasteiger partial charge is 0.464 e. The molecular weight excluding hydrogens is 395 g/mol. The van der Waals surface area contributed by atoms with E-state index in [1.165, 1.54) is 36.1 Å². The molecule has 0 aliphatic rings. The van der Waals surface area contributed by atoms with Crippen molar-refractivity contribution in [2.24, 2.45) is 0 Å². The summed E-state index contributed by atoms with van der Waals surface area (Å²) in [6, 6.07) is 13.3. The van der Waals surface area contributed by atoms with E-state index in [0.29, 0.717) is 23.6 Å². The molecule has 0 bridgehead atoms. The van der Waals surface area contributed by atoms with Crippen LogP contribution in [0.25, 0.3) is 0 Å². The van der Waals surface area contributed by atoms with Crippen molar-refractivity contribution in [1.82, 2.24) is 4.90 Å². The Morgan fingerprint density at radius 3 is 2.34 bits per heavy atom. The van der Waals surface area contributed by atoms with Crippen LogP contribution in [0.3, 0.4) is 0 Å². The SMILES string of the molecule is Cc1ccc(CN(C)C(=O)c2ccc(NS(=O)(=O)c3ccc(F)c(C)c3)cc2)o1. The number of carbonyl (C=O) groups excluding carboxylic acids is 1. The molecule has 0 aliphatic heterocycles. The topological polar surface area (TPSA) is 79.6 Å². The van der Waals surface area contributed by atoms with Crippen molar-refractivity contribution in [3.63, 3.8) is 0 Å². The van der Waals surface area contributed by atoms with Crippen LogP contribution in [0.4, 0.5) is 10.1 Å². The molecule has 0 spiro atoms. The Labute approximate surface area is 169 Å². The molecule has 1 amide bonds. The van der Waals surface area contributed by atoms with Crippen molar-refractivity contribution in [3.8, 4) is 0 Å². The van der Waals surface area contributed by atoms with Gasteiger partial charge in [0.1, 0.15) is 17.3 Å². The summed E-state index contributed by atoms with van der Waals surface area (Å²) < 4.78 is 46.2. The molecule has 1 heterocycles. The monoisotopic (exact) mass is 416 g/mol. The summed E-state index contributed by atoms with van der Waals surface area (Å²) in [5.74, 6) is 0.759. The molecular formula is C21H21FN2O4S. The van der Waals surface area contributed by atoms with Gasteiger partial charge in [0.05, 0.1) is 11.4 Å². The predicted octanol–water partition coefficient (Wildman–Crippen LogP) is 4.11. The lowest BCUT2D eigenvalue weighted by Crippen LogP contribution is -2.26. The molecule has 3 rings (SSSR count). The maximum Gasteiger partial charge on any atom is 0.261 e. The third-order valence-electron chi connectivity index (χ3n) is 4.36. The minimum Gasteiger partial charge on any atom is -0.464 e. The zero-order chi connectivity index (χ0) is 21.2. The maximum absolute atomic E-state index is 13.4. The van der Waals surface area contributed by atoms with E-state index in [4.69, 9.17) is 4.42 Å². The lowest BCUT2D eigenvalue weighted by atomic mass is 10.2. The first-order valence-corrected chi connectivity index (χ1v) is 10.3. The number of hydrogen-bond acceptors (Lipinski definition) is 4. The summed E-state index contributed by atoms with van der Waals surface area (Å²) in [5.41, 5.74) is 0.952. The summed E-state index contributed by atoms with van der Waals surface area (Å²) in [7, 11) is -2.20. The van der Waals surface area contributed by atoms with Crippen molar-refractivity contribution >= 4 is 21.6 Å². The van der Waals surface area contributed by atoms with Gasteiger partial charge in [0.2, 0.25) is 0 Å². The molecule has 6 nitrogen and oxygen atoms in total. The Morgan fingerprint density at radius 1 is 1.07 bits per heavy atom. The van der Waals surface area contributed by atoms with E-state index >= 15 is 0 Å². The lowest BCUT2D eigenvalue weighted by molar-refractivity contribution is 0.0775. The van der Waals surface area contributed by atoms with Crippen LogP contribution < -0.4 is 4.72 Å². The molecule has 0 radical (unpaired) electrons. The van der Waals surface area contributed by atoms with Crippen LogP contribution in [-0.2, 0) is 16.6 Å². The van der Waals surface area contributed by atoms with E-state index in [0.717, 1.165) is 11.8 Å². The second-order valence-electron chi connectivity index (χ2n) is 6.77. The van der Waals surface area contributed by atoms with Gasteiger partial charge in [-0.1, -0.05) is 0 Å². The molecule has 0 saturated carbocycles. The molecule has 2 aromatic carbocycles. The average Bonchev–Trinajstić information content (AvgIpc) is 3.08. The summed E-state index contributed by atoms with van der Waals surface area (Å²) >= 11 is 0. The van der Waals surface area contributed by atoms with E-state index < -0.39 is 15.8 Å². The average molecular weight is 416 g/mol. The quantitative estimate of drug-likeness (QED) is 0.656. The number of benzene rings is 2. The molecule has 3 aromatic rings. The zero-order valence-corrected chi connectivity index (χ0v) is 17.1. The fraction of sp³-hybridized carbons (Fsp3) is 0.190. The number of furan rings is 1. The highest BCUT2D eigenvalue weighted by molar-refractivity contribution is 7.92. The number of halogens is 1. The van der Waals surface area contributed by atoms with Crippen molar-refractivity contribution in [2.45, 2.75) is 25.3 Å². The van der Waals surface area contributed by atoms with Gasteiger partial charge in [0, 0.05) is 18.3 Å². The van der Waals surface area contributed by atoms with Crippen LogP contribution in [0.15, 0.2) is 63.9 Å². The number of hydrogen-bond donors (Lipinski definition) is 1. The standard InChI is InChI=1S/C21H21FN2O4S/c1-14-12-19(10-11-20(14)22)29(26,27)23-17-7-5-16(6-8-17)21(25)24(3)13-18-9-4-15(2)28-18/h4-12,23H,13H2,1-3H3. The summed E-state index contributed by atoms with van der Waals surface area (Å²) in [6.45, 7) is 3.65. The van der Waals surface area contributed by atoms with Gasteiger partial charge < -0.3 is 9.32 Å². The molecule has 29 heavy (non-hydrogen) atoms. The van der Waals surface area contributed by atoms with Crippen LogP contribution >= 0.6 is 0 Å². The molecule has 0 unspecified atom stereocenters. The smallest absolute Gasteiger partial charge is 0.261 e. The molecule has 0 fully saturated rings. The highest BCUT2D eigenvalue weighted by Crippen LogP contribution is 2.20. The van der Waals surface area contributed by atoms with Gasteiger partial charge in [-0.05, 0) is 74.0 Å². The third-order valence-corrected chi connectivity index (χ3v) is 5.74. The third kappa shape index (κ3) is 4.83. The number of amides is 1. The van der Waals surface area contributed by atoms with E-state index in [-0.39, 0.29) is 16.4 Å². The first-order valence-electron chi connectivity index (χ1n) is 8.85. The van der Waals surface area contributed by atoms with Crippen molar-refractivity contribution in [1.29, 1.82) is 0 Å². The Morgan fingerprint density at radius 2 is 1.76 bits per heavy atom. The second kappa shape index (κ2) is 8.08. The van der Waals surface area contributed by atoms with E-state index in [2.05, 4.69) is 4.72 Å². The van der Waals surface area contributed by atoms with Crippen molar-refractivity contribution in [3.05, 3.63) is 83.1 Å². The summed E-state index contributed by atoms with van der Waals surface area (Å²) in [6.07, 6.45) is 0. The Bertz CT molecular complexity index is 1140. The molecule has 0 saturated heterocycles. The van der Waals surface area contributed by atoms with Gasteiger partial charge in [0.25, 0.3) is 15.9 Å². The van der Waals surface area contributed by atoms with Gasteiger partial charge in [-0.15, -0.1) is 0 Å². The van der Waals surface area contributed by atoms with Gasteiger partial charge >= 0.3 is 0 Å². The molecule has 152 valence electrons. The normalized spacial score (nSPS) is 11.3. The van der Waals surface area contributed by atoms with E-state index in [1.54, 1.807) is 19.2 Å².